The van der Waals surface area contributed by atoms with Crippen molar-refractivity contribution < 1.29 is 9.53 Å². The first-order valence-corrected chi connectivity index (χ1v) is 10.3. The van der Waals surface area contributed by atoms with E-state index in [2.05, 4.69) is 27.8 Å². The summed E-state index contributed by atoms with van der Waals surface area (Å²) >= 11 is 1.35. The molecule has 1 heterocycles. The van der Waals surface area contributed by atoms with Crippen molar-refractivity contribution in [3.8, 4) is 11.4 Å². The molecule has 8 heteroatoms. The largest absolute Gasteiger partial charge is 0.494 e. The average molecular weight is 390 g/mol. The van der Waals surface area contributed by atoms with Crippen molar-refractivity contribution in [3.05, 3.63) is 23.8 Å². The second-order valence-corrected chi connectivity index (χ2v) is 8.49. The molecule has 1 amide bonds. The van der Waals surface area contributed by atoms with Crippen molar-refractivity contribution in [2.75, 3.05) is 7.11 Å². The Morgan fingerprint density at radius 1 is 1.37 bits per heavy atom. The number of tetrazole rings is 1. The second-order valence-electron chi connectivity index (χ2n) is 7.19. The van der Waals surface area contributed by atoms with Gasteiger partial charge < -0.3 is 10.1 Å². The quantitative estimate of drug-likeness (QED) is 0.764. The van der Waals surface area contributed by atoms with Crippen LogP contribution in [0.15, 0.2) is 23.4 Å². The number of aryl methyl sites for hydroxylation is 1. The Labute approximate surface area is 164 Å². The number of carbonyl (C=O) groups excluding carboxylic acids is 1. The second kappa shape index (κ2) is 8.73. The van der Waals surface area contributed by atoms with Gasteiger partial charge in [0, 0.05) is 6.04 Å². The maximum Gasteiger partial charge on any atom is 0.233 e. The lowest BCUT2D eigenvalue weighted by molar-refractivity contribution is -0.121. The van der Waals surface area contributed by atoms with E-state index in [1.54, 1.807) is 11.8 Å². The number of amides is 1. The Hall–Kier alpha value is -2.09. The van der Waals surface area contributed by atoms with Crippen LogP contribution in [-0.4, -0.2) is 44.5 Å². The molecule has 0 radical (unpaired) electrons. The fourth-order valence-electron chi connectivity index (χ4n) is 3.41. The molecule has 0 aliphatic heterocycles. The highest BCUT2D eigenvalue weighted by Gasteiger charge is 2.26. The van der Waals surface area contributed by atoms with Crippen molar-refractivity contribution in [3.63, 3.8) is 0 Å². The van der Waals surface area contributed by atoms with E-state index in [0.717, 1.165) is 17.7 Å². The highest BCUT2D eigenvalue weighted by atomic mass is 32.2. The van der Waals surface area contributed by atoms with Crippen molar-refractivity contribution in [1.29, 1.82) is 0 Å². The molecule has 146 valence electrons. The molecule has 1 aromatic heterocycles. The number of benzene rings is 1. The van der Waals surface area contributed by atoms with Crippen LogP contribution in [0.2, 0.25) is 0 Å². The number of thioether (sulfide) groups is 1. The van der Waals surface area contributed by atoms with Crippen molar-refractivity contribution in [1.82, 2.24) is 25.5 Å². The molecule has 1 aromatic carbocycles. The molecule has 1 fully saturated rings. The number of ether oxygens (including phenoxy) is 1. The minimum absolute atomic E-state index is 0.0320. The van der Waals surface area contributed by atoms with Crippen LogP contribution in [0.5, 0.6) is 5.75 Å². The summed E-state index contributed by atoms with van der Waals surface area (Å²) in [6.45, 7) is 6.11. The standard InChI is InChI=1S/C19H27N5O2S/c1-12-9-10-17(26-4)16(11-12)24-19(21-22-23-24)27-14(3)18(25)20-15-8-6-5-7-13(15)2/h9-11,13-15H,5-8H2,1-4H3,(H,20,25). The van der Waals surface area contributed by atoms with Gasteiger partial charge in [-0.05, 0) is 60.7 Å². The van der Waals surface area contributed by atoms with Crippen molar-refractivity contribution in [2.24, 2.45) is 5.92 Å². The van der Waals surface area contributed by atoms with Gasteiger partial charge in [-0.2, -0.15) is 4.68 Å². The molecule has 3 rings (SSSR count). The molecular formula is C19H27N5O2S. The number of nitrogens with one attached hydrogen (secondary N) is 1. The molecule has 7 nitrogen and oxygen atoms in total. The van der Waals surface area contributed by atoms with Crippen molar-refractivity contribution in [2.45, 2.75) is 62.9 Å². The molecule has 3 unspecified atom stereocenters. The van der Waals surface area contributed by atoms with Gasteiger partial charge in [0.15, 0.2) is 0 Å². The molecular weight excluding hydrogens is 362 g/mol. The summed E-state index contributed by atoms with van der Waals surface area (Å²) in [6, 6.07) is 6.10. The first kappa shape index (κ1) is 19.7. The van der Waals surface area contributed by atoms with Gasteiger partial charge in [0.25, 0.3) is 0 Å². The summed E-state index contributed by atoms with van der Waals surface area (Å²) in [4.78, 5) is 12.7. The topological polar surface area (TPSA) is 81.9 Å². The van der Waals surface area contributed by atoms with Crippen molar-refractivity contribution >= 4 is 17.7 Å². The zero-order valence-corrected chi connectivity index (χ0v) is 17.1. The molecule has 2 aromatic rings. The summed E-state index contributed by atoms with van der Waals surface area (Å²) in [6.07, 6.45) is 4.67. The van der Waals surface area contributed by atoms with Crippen LogP contribution in [0, 0.1) is 12.8 Å². The lowest BCUT2D eigenvalue weighted by atomic mass is 9.86. The molecule has 3 atom stereocenters. The van der Waals surface area contributed by atoms with Crippen LogP contribution >= 0.6 is 11.8 Å². The van der Waals surface area contributed by atoms with Gasteiger partial charge in [-0.1, -0.05) is 37.6 Å². The Balaban J connectivity index is 1.72. The summed E-state index contributed by atoms with van der Waals surface area (Å²) in [5, 5.41) is 15.5. The van der Waals surface area contributed by atoms with E-state index in [0.29, 0.717) is 16.8 Å². The molecule has 1 aliphatic rings. The Bertz CT molecular complexity index is 794. The number of aromatic nitrogens is 4. The fraction of sp³-hybridized carbons (Fsp3) is 0.579. The lowest BCUT2D eigenvalue weighted by Gasteiger charge is -2.30. The number of hydrogen-bond donors (Lipinski definition) is 1. The van der Waals surface area contributed by atoms with E-state index in [-0.39, 0.29) is 17.2 Å². The van der Waals surface area contributed by atoms with E-state index in [1.165, 1.54) is 31.0 Å². The van der Waals surface area contributed by atoms with Gasteiger partial charge in [-0.25, -0.2) is 0 Å². The summed E-state index contributed by atoms with van der Waals surface area (Å²) < 4.78 is 7.07. The molecule has 27 heavy (non-hydrogen) atoms. The van der Waals surface area contributed by atoms with Gasteiger partial charge in [0.05, 0.1) is 12.4 Å². The lowest BCUT2D eigenvalue weighted by Crippen LogP contribution is -2.44. The number of carbonyl (C=O) groups is 1. The van der Waals surface area contributed by atoms with E-state index < -0.39 is 0 Å². The normalized spacial score (nSPS) is 20.9. The summed E-state index contributed by atoms with van der Waals surface area (Å²) in [5.74, 6) is 1.24. The molecule has 1 N–H and O–H groups in total. The van der Waals surface area contributed by atoms with E-state index in [4.69, 9.17) is 4.74 Å². The molecule has 0 saturated heterocycles. The highest BCUT2D eigenvalue weighted by molar-refractivity contribution is 8.00. The van der Waals surface area contributed by atoms with Crippen LogP contribution in [0.4, 0.5) is 0 Å². The molecule has 0 bridgehead atoms. The Morgan fingerprint density at radius 2 is 2.15 bits per heavy atom. The van der Waals surface area contributed by atoms with Crippen LogP contribution in [0.25, 0.3) is 5.69 Å². The molecule has 1 saturated carbocycles. The summed E-state index contributed by atoms with van der Waals surface area (Å²) in [5.41, 5.74) is 1.84. The minimum Gasteiger partial charge on any atom is -0.494 e. The third kappa shape index (κ3) is 4.61. The first-order chi connectivity index (χ1) is 13.0. The van der Waals surface area contributed by atoms with E-state index in [9.17, 15) is 4.79 Å². The maximum absolute atomic E-state index is 12.7. The Kier molecular flexibility index (Phi) is 6.36. The maximum atomic E-state index is 12.7. The molecule has 0 spiro atoms. The predicted molar refractivity (Wildman–Crippen MR) is 105 cm³/mol. The summed E-state index contributed by atoms with van der Waals surface area (Å²) in [7, 11) is 1.62. The van der Waals surface area contributed by atoms with E-state index >= 15 is 0 Å². The highest BCUT2D eigenvalue weighted by Crippen LogP contribution is 2.29. The smallest absolute Gasteiger partial charge is 0.233 e. The monoisotopic (exact) mass is 389 g/mol. The fourth-order valence-corrected chi connectivity index (χ4v) is 4.22. The van der Waals surface area contributed by atoms with Crippen LogP contribution in [0.1, 0.15) is 45.1 Å². The average Bonchev–Trinajstić information content (AvgIpc) is 3.11. The van der Waals surface area contributed by atoms with Gasteiger partial charge >= 0.3 is 0 Å². The number of nitrogens with zero attached hydrogens (tertiary/aromatic N) is 4. The van der Waals surface area contributed by atoms with Gasteiger partial charge in [0.1, 0.15) is 11.4 Å². The van der Waals surface area contributed by atoms with Gasteiger partial charge in [-0.3, -0.25) is 4.79 Å². The Morgan fingerprint density at radius 3 is 2.89 bits per heavy atom. The number of methoxy groups -OCH3 is 1. The third-order valence-electron chi connectivity index (χ3n) is 5.09. The van der Waals surface area contributed by atoms with Crippen LogP contribution in [-0.2, 0) is 4.79 Å². The van der Waals surface area contributed by atoms with Gasteiger partial charge in [-0.15, -0.1) is 5.10 Å². The van der Waals surface area contributed by atoms with E-state index in [1.807, 2.05) is 32.0 Å². The first-order valence-electron chi connectivity index (χ1n) is 9.40. The SMILES string of the molecule is COc1ccc(C)cc1-n1nnnc1SC(C)C(=O)NC1CCCCC1C. The number of hydrogen-bond acceptors (Lipinski definition) is 6. The number of rotatable bonds is 6. The predicted octanol–water partition coefficient (Wildman–Crippen LogP) is 3.15. The molecule has 1 aliphatic carbocycles. The van der Waals surface area contributed by atoms with Gasteiger partial charge in [0.2, 0.25) is 11.1 Å². The van der Waals surface area contributed by atoms with Crippen LogP contribution < -0.4 is 10.1 Å². The zero-order chi connectivity index (χ0) is 19.4. The van der Waals surface area contributed by atoms with Crippen LogP contribution in [0.3, 0.4) is 0 Å². The third-order valence-corrected chi connectivity index (χ3v) is 6.13. The minimum atomic E-state index is -0.292. The zero-order valence-electron chi connectivity index (χ0n) is 16.3.